The monoisotopic (exact) mass is 229 g/mol. The normalized spacial score (nSPS) is 12.9. The van der Waals surface area contributed by atoms with Crippen LogP contribution in [0.2, 0.25) is 0 Å². The molecule has 1 aromatic rings. The van der Waals surface area contributed by atoms with Crippen LogP contribution in [0.3, 0.4) is 0 Å². The first-order valence-electron chi connectivity index (χ1n) is 3.56. The van der Waals surface area contributed by atoms with E-state index < -0.39 is 30.3 Å². The molecule has 1 heterocycles. The SMILES string of the molecule is FC(F)(F)Cc1nc[c]c(C(F)(F)F)n1. The number of aromatic nitrogens is 2. The zero-order valence-electron chi connectivity index (χ0n) is 6.95. The largest absolute Gasteiger partial charge is 0.434 e. The highest BCUT2D eigenvalue weighted by Gasteiger charge is 2.35. The summed E-state index contributed by atoms with van der Waals surface area (Å²) in [7, 11) is 0. The lowest BCUT2D eigenvalue weighted by Crippen LogP contribution is -2.17. The lowest BCUT2D eigenvalue weighted by atomic mass is 10.3. The molecule has 0 saturated carbocycles. The average molecular weight is 229 g/mol. The number of alkyl halides is 6. The molecule has 83 valence electrons. The molecule has 0 spiro atoms. The van der Waals surface area contributed by atoms with Crippen LogP contribution in [0.1, 0.15) is 11.5 Å². The molecule has 0 unspecified atom stereocenters. The summed E-state index contributed by atoms with van der Waals surface area (Å²) < 4.78 is 71.4. The Balaban J connectivity index is 2.94. The van der Waals surface area contributed by atoms with Gasteiger partial charge in [-0.25, -0.2) is 9.97 Å². The second-order valence-corrected chi connectivity index (χ2v) is 2.57. The van der Waals surface area contributed by atoms with Crippen LogP contribution in [0, 0.1) is 6.07 Å². The van der Waals surface area contributed by atoms with Crippen LogP contribution in [0.15, 0.2) is 6.20 Å². The zero-order valence-corrected chi connectivity index (χ0v) is 6.95. The van der Waals surface area contributed by atoms with Crippen LogP contribution in [0.5, 0.6) is 0 Å². The minimum Gasteiger partial charge on any atom is -0.240 e. The molecule has 1 aromatic heterocycles. The molecule has 1 rings (SSSR count). The number of hydrogen-bond donors (Lipinski definition) is 0. The van der Waals surface area contributed by atoms with Gasteiger partial charge in [-0.3, -0.25) is 0 Å². The van der Waals surface area contributed by atoms with E-state index in [0.29, 0.717) is 6.20 Å². The Morgan fingerprint density at radius 3 is 2.20 bits per heavy atom. The van der Waals surface area contributed by atoms with Crippen LogP contribution in [-0.4, -0.2) is 16.1 Å². The van der Waals surface area contributed by atoms with Crippen LogP contribution in [0.25, 0.3) is 0 Å². The van der Waals surface area contributed by atoms with Gasteiger partial charge in [-0.1, -0.05) is 0 Å². The third-order valence-corrected chi connectivity index (χ3v) is 1.28. The minimum atomic E-state index is -4.82. The van der Waals surface area contributed by atoms with Gasteiger partial charge in [-0.15, -0.1) is 0 Å². The van der Waals surface area contributed by atoms with Crippen molar-refractivity contribution in [2.45, 2.75) is 18.8 Å². The Hall–Kier alpha value is -1.34. The summed E-state index contributed by atoms with van der Waals surface area (Å²) >= 11 is 0. The maximum Gasteiger partial charge on any atom is 0.434 e. The van der Waals surface area contributed by atoms with E-state index in [0.717, 1.165) is 0 Å². The van der Waals surface area contributed by atoms with E-state index in [1.165, 1.54) is 0 Å². The lowest BCUT2D eigenvalue weighted by Gasteiger charge is -2.07. The maximum absolute atomic E-state index is 12.0. The summed E-state index contributed by atoms with van der Waals surface area (Å²) in [6.45, 7) is 0. The highest BCUT2D eigenvalue weighted by Crippen LogP contribution is 2.27. The van der Waals surface area contributed by atoms with Crippen LogP contribution in [0.4, 0.5) is 26.3 Å². The average Bonchev–Trinajstić information content (AvgIpc) is 1.99. The Morgan fingerprint density at radius 2 is 1.73 bits per heavy atom. The van der Waals surface area contributed by atoms with Gasteiger partial charge in [-0.2, -0.15) is 26.3 Å². The summed E-state index contributed by atoms with van der Waals surface area (Å²) in [6.07, 6.45) is -10.5. The minimum absolute atomic E-state index is 0.525. The molecule has 8 heteroatoms. The van der Waals surface area contributed by atoms with E-state index in [1.807, 2.05) is 0 Å². The van der Waals surface area contributed by atoms with E-state index in [-0.39, 0.29) is 0 Å². The molecule has 0 atom stereocenters. The van der Waals surface area contributed by atoms with Crippen molar-refractivity contribution >= 4 is 0 Å². The third kappa shape index (κ3) is 3.72. The second kappa shape index (κ2) is 3.67. The molecule has 0 amide bonds. The van der Waals surface area contributed by atoms with E-state index in [2.05, 4.69) is 9.97 Å². The fourth-order valence-corrected chi connectivity index (χ4v) is 0.768. The quantitative estimate of drug-likeness (QED) is 0.691. The van der Waals surface area contributed by atoms with Gasteiger partial charge >= 0.3 is 12.4 Å². The van der Waals surface area contributed by atoms with Gasteiger partial charge in [0.1, 0.15) is 12.2 Å². The predicted octanol–water partition coefficient (Wildman–Crippen LogP) is 2.40. The zero-order chi connectivity index (χ0) is 11.7. The molecule has 0 saturated heterocycles. The smallest absolute Gasteiger partial charge is 0.240 e. The van der Waals surface area contributed by atoms with E-state index >= 15 is 0 Å². The summed E-state index contributed by atoms with van der Waals surface area (Å²) in [5, 5.41) is 0. The number of hydrogen-bond acceptors (Lipinski definition) is 2. The molecule has 0 aliphatic heterocycles. The van der Waals surface area contributed by atoms with Crippen molar-refractivity contribution in [1.29, 1.82) is 0 Å². The first-order valence-corrected chi connectivity index (χ1v) is 3.56. The fourth-order valence-electron chi connectivity index (χ4n) is 0.768. The molecule has 0 aliphatic carbocycles. The molecule has 0 aliphatic rings. The van der Waals surface area contributed by atoms with Crippen LogP contribution in [-0.2, 0) is 12.6 Å². The van der Waals surface area contributed by atoms with Crippen molar-refractivity contribution in [2.75, 3.05) is 0 Å². The molecule has 15 heavy (non-hydrogen) atoms. The van der Waals surface area contributed by atoms with E-state index in [9.17, 15) is 26.3 Å². The molecule has 2 nitrogen and oxygen atoms in total. The summed E-state index contributed by atoms with van der Waals surface area (Å²) in [5.74, 6) is -0.923. The van der Waals surface area contributed by atoms with Crippen molar-refractivity contribution < 1.29 is 26.3 Å². The topological polar surface area (TPSA) is 25.8 Å². The number of nitrogens with zero attached hydrogens (tertiary/aromatic N) is 2. The molecule has 0 bridgehead atoms. The highest BCUT2D eigenvalue weighted by atomic mass is 19.4. The summed E-state index contributed by atoms with van der Waals surface area (Å²) in [6, 6.07) is 1.62. The molecule has 0 N–H and O–H groups in total. The van der Waals surface area contributed by atoms with Gasteiger partial charge in [0.15, 0.2) is 5.69 Å². The fraction of sp³-hybridized carbons (Fsp3) is 0.429. The van der Waals surface area contributed by atoms with Gasteiger partial charge < -0.3 is 0 Å². The van der Waals surface area contributed by atoms with Crippen molar-refractivity contribution in [3.63, 3.8) is 0 Å². The van der Waals surface area contributed by atoms with Crippen LogP contribution < -0.4 is 0 Å². The number of rotatable bonds is 1. The van der Waals surface area contributed by atoms with Crippen molar-refractivity contribution in [1.82, 2.24) is 9.97 Å². The van der Waals surface area contributed by atoms with Crippen molar-refractivity contribution in [3.05, 3.63) is 23.8 Å². The van der Waals surface area contributed by atoms with Gasteiger partial charge in [0.05, 0.1) is 0 Å². The second-order valence-electron chi connectivity index (χ2n) is 2.57. The van der Waals surface area contributed by atoms with Crippen LogP contribution >= 0.6 is 0 Å². The molecule has 1 radical (unpaired) electrons. The summed E-state index contributed by atoms with van der Waals surface area (Å²) in [5.41, 5.74) is -1.50. The predicted molar refractivity (Wildman–Crippen MR) is 35.6 cm³/mol. The Morgan fingerprint density at radius 1 is 1.13 bits per heavy atom. The third-order valence-electron chi connectivity index (χ3n) is 1.28. The van der Waals surface area contributed by atoms with E-state index in [4.69, 9.17) is 0 Å². The van der Waals surface area contributed by atoms with Gasteiger partial charge in [0.25, 0.3) is 0 Å². The standard InChI is InChI=1S/C7H3F6N2/c8-6(9,10)3-5-14-2-1-4(15-5)7(11,12)13/h2H,3H2. The summed E-state index contributed by atoms with van der Waals surface area (Å²) in [4.78, 5) is 5.77. The van der Waals surface area contributed by atoms with Crippen molar-refractivity contribution in [2.24, 2.45) is 0 Å². The van der Waals surface area contributed by atoms with Gasteiger partial charge in [0.2, 0.25) is 0 Å². The molecule has 0 aromatic carbocycles. The Bertz CT molecular complexity index is 342. The number of halogens is 6. The van der Waals surface area contributed by atoms with Gasteiger partial charge in [0, 0.05) is 12.3 Å². The van der Waals surface area contributed by atoms with E-state index in [1.54, 1.807) is 6.07 Å². The van der Waals surface area contributed by atoms with Gasteiger partial charge in [-0.05, 0) is 0 Å². The Labute approximate surface area is 80.0 Å². The Kier molecular flexibility index (Phi) is 2.87. The van der Waals surface area contributed by atoms with Crippen molar-refractivity contribution in [3.8, 4) is 0 Å². The molecular weight excluding hydrogens is 226 g/mol. The lowest BCUT2D eigenvalue weighted by molar-refractivity contribution is -0.143. The highest BCUT2D eigenvalue weighted by molar-refractivity contribution is 5.04. The maximum atomic E-state index is 12.0. The first kappa shape index (κ1) is 11.7. The first-order chi connectivity index (χ1) is 6.68. The molecule has 0 fully saturated rings. The molecular formula is C7H3F6N2.